The summed E-state index contributed by atoms with van der Waals surface area (Å²) in [4.78, 5) is 25.9. The van der Waals surface area contributed by atoms with Gasteiger partial charge in [0.1, 0.15) is 11.6 Å². The van der Waals surface area contributed by atoms with Crippen molar-refractivity contribution < 1.29 is 32.2 Å². The zero-order chi connectivity index (χ0) is 26.5. The predicted molar refractivity (Wildman–Crippen MR) is 128 cm³/mol. The van der Waals surface area contributed by atoms with Crippen LogP contribution in [0.5, 0.6) is 6.01 Å². The van der Waals surface area contributed by atoms with Crippen LogP contribution in [0.3, 0.4) is 0 Å². The van der Waals surface area contributed by atoms with E-state index in [4.69, 9.17) is 14.2 Å². The molecule has 1 fully saturated rings. The van der Waals surface area contributed by atoms with Crippen LogP contribution in [0.25, 0.3) is 0 Å². The number of carbonyl (C=O) groups is 1. The molecule has 2 atom stereocenters. The number of rotatable bonds is 9. The van der Waals surface area contributed by atoms with Crippen LogP contribution in [0, 0.1) is 5.82 Å². The molecule has 1 saturated heterocycles. The number of anilines is 2. The van der Waals surface area contributed by atoms with Crippen LogP contribution in [0.4, 0.5) is 24.7 Å². The minimum atomic E-state index is -2.96. The van der Waals surface area contributed by atoms with Gasteiger partial charge in [0.25, 0.3) is 6.43 Å². The quantitative estimate of drug-likeness (QED) is 0.412. The lowest BCUT2D eigenvalue weighted by atomic mass is 9.99. The van der Waals surface area contributed by atoms with Crippen LogP contribution < -0.4 is 15.4 Å². The summed E-state index contributed by atoms with van der Waals surface area (Å²) in [6.07, 6.45) is -0.791. The molecule has 2 N–H and O–H groups in total. The van der Waals surface area contributed by atoms with Gasteiger partial charge >= 0.3 is 6.01 Å². The van der Waals surface area contributed by atoms with Crippen molar-refractivity contribution in [3.8, 4) is 6.01 Å². The van der Waals surface area contributed by atoms with Gasteiger partial charge in [0, 0.05) is 11.8 Å². The van der Waals surface area contributed by atoms with E-state index in [1.807, 2.05) is 0 Å². The molecule has 0 saturated carbocycles. The Morgan fingerprint density at radius 1 is 1.11 bits per heavy atom. The molecule has 1 aromatic carbocycles. The van der Waals surface area contributed by atoms with Crippen LogP contribution in [0.1, 0.15) is 60.9 Å². The van der Waals surface area contributed by atoms with Crippen molar-refractivity contribution in [2.75, 3.05) is 31.0 Å². The summed E-state index contributed by atoms with van der Waals surface area (Å²) in [5.74, 6) is -2.07. The second kappa shape index (κ2) is 11.5. The maximum Gasteiger partial charge on any atom is 0.318 e. The van der Waals surface area contributed by atoms with Crippen LogP contribution in [-0.4, -0.2) is 41.2 Å². The average molecular weight is 518 g/mol. The molecule has 196 valence electrons. The molecule has 0 radical (unpaired) electrons. The lowest BCUT2D eigenvalue weighted by Crippen LogP contribution is -2.24. The summed E-state index contributed by atoms with van der Waals surface area (Å²) in [5, 5.41) is 5.83. The number of nitrogens with one attached hydrogen (secondary N) is 2. The van der Waals surface area contributed by atoms with Crippen molar-refractivity contribution in [2.24, 2.45) is 0 Å². The van der Waals surface area contributed by atoms with Crippen molar-refractivity contribution in [3.05, 3.63) is 70.9 Å². The fourth-order valence-corrected chi connectivity index (χ4v) is 3.92. The van der Waals surface area contributed by atoms with Gasteiger partial charge in [-0.3, -0.25) is 9.78 Å². The van der Waals surface area contributed by atoms with E-state index in [-0.39, 0.29) is 29.0 Å². The van der Waals surface area contributed by atoms with Gasteiger partial charge in [0.05, 0.1) is 61.0 Å². The summed E-state index contributed by atoms with van der Waals surface area (Å²) in [5.41, 5.74) is 0.395. The average Bonchev–Trinajstić information content (AvgIpc) is 3.42. The third-order valence-electron chi connectivity index (χ3n) is 5.84. The van der Waals surface area contributed by atoms with Crippen LogP contribution in [-0.2, 0) is 14.3 Å². The van der Waals surface area contributed by atoms with Gasteiger partial charge in [-0.25, -0.2) is 13.2 Å². The first kappa shape index (κ1) is 26.3. The Labute approximate surface area is 211 Å². The van der Waals surface area contributed by atoms with Gasteiger partial charge in [-0.15, -0.1) is 0 Å². The topological polar surface area (TPSA) is 107 Å². The lowest BCUT2D eigenvalue weighted by molar-refractivity contribution is -0.117. The highest BCUT2D eigenvalue weighted by Gasteiger charge is 2.33. The Balaban J connectivity index is 1.73. The van der Waals surface area contributed by atoms with E-state index in [2.05, 4.69) is 25.6 Å². The van der Waals surface area contributed by atoms with Gasteiger partial charge in [-0.05, 0) is 26.0 Å². The van der Waals surface area contributed by atoms with Crippen LogP contribution in [0.15, 0.2) is 42.7 Å². The number of alkyl halides is 2. The molecule has 3 heterocycles. The summed E-state index contributed by atoms with van der Waals surface area (Å²) in [6.45, 7) is 3.84. The minimum absolute atomic E-state index is 0.0125. The fraction of sp³-hybridized carbons (Fsp3) is 0.360. The summed E-state index contributed by atoms with van der Waals surface area (Å²) >= 11 is 0. The van der Waals surface area contributed by atoms with Gasteiger partial charge in [0.15, 0.2) is 6.29 Å². The monoisotopic (exact) mass is 517 g/mol. The number of amides is 1. The number of carbonyl (C=O) groups excluding carboxylic acids is 1. The van der Waals surface area contributed by atoms with E-state index in [9.17, 15) is 18.0 Å². The Hall–Kier alpha value is -3.77. The molecule has 2 aromatic heterocycles. The molecule has 1 amide bonds. The molecule has 12 heteroatoms. The first-order valence-corrected chi connectivity index (χ1v) is 11.5. The Morgan fingerprint density at radius 2 is 1.84 bits per heavy atom. The highest BCUT2D eigenvalue weighted by atomic mass is 19.3. The van der Waals surface area contributed by atoms with E-state index >= 15 is 0 Å². The zero-order valence-electron chi connectivity index (χ0n) is 20.4. The molecule has 3 aromatic rings. The molecular weight excluding hydrogens is 491 g/mol. The standard InChI is InChI=1S/C25H26F3N5O4/c1-13(23(34)31-15-6-5-9-29-12-15)20-18(24-36-10-11-37-24)22(33-25(32-20)35-3)30-14(2)16-7-4-8-17(19(16)26)21(27)28/h4-9,12-14,21,24H,10-11H2,1-3H3,(H,31,34)(H,30,32,33)/t13?,14-/m1/s1. The molecule has 9 nitrogen and oxygen atoms in total. The SMILES string of the molecule is COc1nc(N[C@H](C)c2cccc(C(F)F)c2F)c(C2OCCO2)c(C(C)C(=O)Nc2cccnc2)n1. The van der Waals surface area contributed by atoms with Gasteiger partial charge < -0.3 is 24.8 Å². The van der Waals surface area contributed by atoms with Crippen molar-refractivity contribution in [1.82, 2.24) is 15.0 Å². The zero-order valence-corrected chi connectivity index (χ0v) is 20.4. The van der Waals surface area contributed by atoms with E-state index in [0.717, 1.165) is 6.07 Å². The number of halogens is 3. The summed E-state index contributed by atoms with van der Waals surface area (Å²) in [7, 11) is 1.36. The first-order valence-electron chi connectivity index (χ1n) is 11.5. The molecule has 0 spiro atoms. The van der Waals surface area contributed by atoms with Crippen molar-refractivity contribution in [2.45, 2.75) is 38.5 Å². The highest BCUT2D eigenvalue weighted by molar-refractivity contribution is 5.95. The van der Waals surface area contributed by atoms with Crippen LogP contribution in [0.2, 0.25) is 0 Å². The molecule has 37 heavy (non-hydrogen) atoms. The number of nitrogens with zero attached hydrogens (tertiary/aromatic N) is 3. The molecule has 1 aliphatic heterocycles. The summed E-state index contributed by atoms with van der Waals surface area (Å²) in [6, 6.07) is 6.32. The Bertz CT molecular complexity index is 1240. The second-order valence-electron chi connectivity index (χ2n) is 8.30. The molecule has 1 unspecified atom stereocenters. The number of hydrogen-bond acceptors (Lipinski definition) is 8. The van der Waals surface area contributed by atoms with Crippen molar-refractivity contribution in [3.63, 3.8) is 0 Å². The first-order chi connectivity index (χ1) is 17.8. The maximum atomic E-state index is 14.9. The number of aromatic nitrogens is 3. The lowest BCUT2D eigenvalue weighted by Gasteiger charge is -2.24. The summed E-state index contributed by atoms with van der Waals surface area (Å²) < 4.78 is 58.1. The van der Waals surface area contributed by atoms with E-state index in [1.54, 1.807) is 32.2 Å². The number of hydrogen-bond donors (Lipinski definition) is 2. The third kappa shape index (κ3) is 5.81. The Kier molecular flexibility index (Phi) is 8.19. The van der Waals surface area contributed by atoms with E-state index in [1.165, 1.54) is 25.4 Å². The fourth-order valence-electron chi connectivity index (χ4n) is 3.92. The predicted octanol–water partition coefficient (Wildman–Crippen LogP) is 4.92. The van der Waals surface area contributed by atoms with Gasteiger partial charge in [-0.1, -0.05) is 18.2 Å². The van der Waals surface area contributed by atoms with Gasteiger partial charge in [-0.2, -0.15) is 9.97 Å². The molecule has 1 aliphatic rings. The number of pyridine rings is 1. The molecule has 0 bridgehead atoms. The smallest absolute Gasteiger partial charge is 0.318 e. The number of benzene rings is 1. The van der Waals surface area contributed by atoms with Crippen molar-refractivity contribution in [1.29, 1.82) is 0 Å². The Morgan fingerprint density at radius 3 is 2.49 bits per heavy atom. The molecular formula is C25H26F3N5O4. The largest absolute Gasteiger partial charge is 0.467 e. The normalized spacial score (nSPS) is 15.4. The molecule has 0 aliphatic carbocycles. The number of ether oxygens (including phenoxy) is 3. The minimum Gasteiger partial charge on any atom is -0.467 e. The maximum absolute atomic E-state index is 14.9. The third-order valence-corrected chi connectivity index (χ3v) is 5.84. The van der Waals surface area contributed by atoms with E-state index < -0.39 is 36.1 Å². The van der Waals surface area contributed by atoms with E-state index in [0.29, 0.717) is 24.5 Å². The second-order valence-corrected chi connectivity index (χ2v) is 8.30. The van der Waals surface area contributed by atoms with Crippen molar-refractivity contribution >= 4 is 17.4 Å². The van der Waals surface area contributed by atoms with Crippen LogP contribution >= 0.6 is 0 Å². The number of methoxy groups -OCH3 is 1. The van der Waals surface area contributed by atoms with Gasteiger partial charge in [0.2, 0.25) is 5.91 Å². The highest BCUT2D eigenvalue weighted by Crippen LogP contribution is 2.38. The molecule has 4 rings (SSSR count).